The molecule has 1 aromatic rings. The largest absolute Gasteiger partial charge is 0.349 e. The van der Waals surface area contributed by atoms with Crippen molar-refractivity contribution in [2.75, 3.05) is 0 Å². The van der Waals surface area contributed by atoms with E-state index >= 15 is 0 Å². The number of carbonyl (C=O) groups is 1. The fourth-order valence-electron chi connectivity index (χ4n) is 2.91. The molecule has 0 aliphatic heterocycles. The van der Waals surface area contributed by atoms with Gasteiger partial charge in [0.15, 0.2) is 0 Å². The van der Waals surface area contributed by atoms with Crippen LogP contribution < -0.4 is 5.32 Å². The van der Waals surface area contributed by atoms with Crippen LogP contribution >= 0.6 is 15.9 Å². The summed E-state index contributed by atoms with van der Waals surface area (Å²) >= 11 is 3.44. The summed E-state index contributed by atoms with van der Waals surface area (Å²) in [5.41, 5.74) is 1.85. The Morgan fingerprint density at radius 2 is 1.95 bits per heavy atom. The number of rotatable bonds is 3. The molecule has 3 heteroatoms. The average molecular weight is 324 g/mol. The lowest BCUT2D eigenvalue weighted by Gasteiger charge is -2.28. The van der Waals surface area contributed by atoms with E-state index in [1.54, 1.807) is 0 Å². The molecule has 1 unspecified atom stereocenters. The molecule has 1 aliphatic carbocycles. The Labute approximate surface area is 124 Å². The number of amides is 1. The first-order valence-electron chi connectivity index (χ1n) is 7.14. The van der Waals surface area contributed by atoms with Gasteiger partial charge in [0.1, 0.15) is 0 Å². The molecular formula is C16H22BrNO. The van der Waals surface area contributed by atoms with Gasteiger partial charge in [-0.2, -0.15) is 0 Å². The van der Waals surface area contributed by atoms with Crippen LogP contribution in [0.1, 0.15) is 54.9 Å². The van der Waals surface area contributed by atoms with Gasteiger partial charge in [-0.3, -0.25) is 4.79 Å². The van der Waals surface area contributed by atoms with Gasteiger partial charge in [-0.25, -0.2) is 0 Å². The molecule has 0 spiro atoms. The van der Waals surface area contributed by atoms with Gasteiger partial charge in [0, 0.05) is 16.1 Å². The quantitative estimate of drug-likeness (QED) is 0.874. The Bertz CT molecular complexity index is 432. The third-order valence-electron chi connectivity index (χ3n) is 4.02. The Kier molecular flexibility index (Phi) is 5.03. The van der Waals surface area contributed by atoms with Crippen molar-refractivity contribution in [1.29, 1.82) is 0 Å². The maximum Gasteiger partial charge on any atom is 0.251 e. The highest BCUT2D eigenvalue weighted by atomic mass is 79.9. The minimum atomic E-state index is 0.0440. The molecule has 1 amide bonds. The van der Waals surface area contributed by atoms with E-state index in [0.29, 0.717) is 5.92 Å². The van der Waals surface area contributed by atoms with E-state index in [1.807, 2.05) is 25.1 Å². The minimum Gasteiger partial charge on any atom is -0.349 e. The molecule has 0 bridgehead atoms. The molecule has 1 atom stereocenters. The smallest absolute Gasteiger partial charge is 0.251 e. The Morgan fingerprint density at radius 3 is 2.58 bits per heavy atom. The van der Waals surface area contributed by atoms with Gasteiger partial charge < -0.3 is 5.32 Å². The topological polar surface area (TPSA) is 29.1 Å². The van der Waals surface area contributed by atoms with Gasteiger partial charge in [-0.15, -0.1) is 0 Å². The first-order valence-corrected chi connectivity index (χ1v) is 7.93. The predicted octanol–water partition coefficient (Wildman–Crippen LogP) is 4.46. The molecule has 1 aliphatic rings. The van der Waals surface area contributed by atoms with Crippen molar-refractivity contribution in [3.8, 4) is 0 Å². The van der Waals surface area contributed by atoms with Crippen molar-refractivity contribution in [1.82, 2.24) is 5.32 Å². The van der Waals surface area contributed by atoms with Gasteiger partial charge in [0.25, 0.3) is 5.91 Å². The number of benzene rings is 1. The molecule has 1 saturated carbocycles. The molecule has 0 radical (unpaired) electrons. The highest BCUT2D eigenvalue weighted by molar-refractivity contribution is 9.10. The lowest BCUT2D eigenvalue weighted by Crippen LogP contribution is -2.38. The highest BCUT2D eigenvalue weighted by Gasteiger charge is 2.21. The Balaban J connectivity index is 1.99. The maximum atomic E-state index is 12.3. The number of nitrogens with one attached hydrogen (secondary N) is 1. The molecule has 19 heavy (non-hydrogen) atoms. The second kappa shape index (κ2) is 6.56. The van der Waals surface area contributed by atoms with Crippen LogP contribution in [0.2, 0.25) is 0 Å². The van der Waals surface area contributed by atoms with Crippen LogP contribution in [-0.2, 0) is 0 Å². The number of halogens is 1. The normalized spacial score (nSPS) is 18.1. The van der Waals surface area contributed by atoms with Crippen LogP contribution in [0.3, 0.4) is 0 Å². The highest BCUT2D eigenvalue weighted by Crippen LogP contribution is 2.26. The van der Waals surface area contributed by atoms with Crippen LogP contribution in [0, 0.1) is 12.8 Å². The molecule has 2 nitrogen and oxygen atoms in total. The van der Waals surface area contributed by atoms with Crippen LogP contribution in [0.4, 0.5) is 0 Å². The summed E-state index contributed by atoms with van der Waals surface area (Å²) in [5, 5.41) is 3.16. The van der Waals surface area contributed by atoms with E-state index in [2.05, 4.69) is 28.2 Å². The SMILES string of the molecule is Cc1cc(Br)cc(C(=O)NC(C)C2CCCCC2)c1. The molecule has 0 aromatic heterocycles. The van der Waals surface area contributed by atoms with E-state index in [4.69, 9.17) is 0 Å². The van der Waals surface area contributed by atoms with Crippen molar-refractivity contribution >= 4 is 21.8 Å². The predicted molar refractivity (Wildman–Crippen MR) is 82.4 cm³/mol. The fraction of sp³-hybridized carbons (Fsp3) is 0.562. The molecule has 1 N–H and O–H groups in total. The van der Waals surface area contributed by atoms with E-state index in [0.717, 1.165) is 15.6 Å². The van der Waals surface area contributed by atoms with Crippen molar-refractivity contribution in [2.24, 2.45) is 5.92 Å². The zero-order valence-electron chi connectivity index (χ0n) is 11.7. The van der Waals surface area contributed by atoms with Gasteiger partial charge >= 0.3 is 0 Å². The van der Waals surface area contributed by atoms with Crippen LogP contribution in [0.25, 0.3) is 0 Å². The van der Waals surface area contributed by atoms with Gasteiger partial charge in [-0.1, -0.05) is 35.2 Å². The second-order valence-corrected chi connectivity index (χ2v) is 6.59. The standard InChI is InChI=1S/C16H22BrNO/c1-11-8-14(10-15(17)9-11)16(19)18-12(2)13-6-4-3-5-7-13/h8-10,12-13H,3-7H2,1-2H3,(H,18,19). The monoisotopic (exact) mass is 323 g/mol. The minimum absolute atomic E-state index is 0.0440. The van der Waals surface area contributed by atoms with Gasteiger partial charge in [0.2, 0.25) is 0 Å². The summed E-state index contributed by atoms with van der Waals surface area (Å²) in [6.07, 6.45) is 6.46. The van der Waals surface area contributed by atoms with Crippen LogP contribution in [-0.4, -0.2) is 11.9 Å². The van der Waals surface area contributed by atoms with Crippen molar-refractivity contribution < 1.29 is 4.79 Å². The van der Waals surface area contributed by atoms with Gasteiger partial charge in [0.05, 0.1) is 0 Å². The maximum absolute atomic E-state index is 12.3. The summed E-state index contributed by atoms with van der Waals surface area (Å²) in [4.78, 5) is 12.3. The zero-order chi connectivity index (χ0) is 13.8. The summed E-state index contributed by atoms with van der Waals surface area (Å²) < 4.78 is 0.961. The van der Waals surface area contributed by atoms with Crippen molar-refractivity contribution in [2.45, 2.75) is 52.0 Å². The molecule has 1 fully saturated rings. The third-order valence-corrected chi connectivity index (χ3v) is 4.48. The average Bonchev–Trinajstić information content (AvgIpc) is 2.38. The summed E-state index contributed by atoms with van der Waals surface area (Å²) in [6, 6.07) is 6.11. The van der Waals surface area contributed by atoms with Crippen molar-refractivity contribution in [3.05, 3.63) is 33.8 Å². The van der Waals surface area contributed by atoms with Crippen LogP contribution in [0.5, 0.6) is 0 Å². The Hall–Kier alpha value is -0.830. The molecule has 1 aromatic carbocycles. The van der Waals surface area contributed by atoms with Crippen LogP contribution in [0.15, 0.2) is 22.7 Å². The van der Waals surface area contributed by atoms with E-state index in [9.17, 15) is 4.79 Å². The van der Waals surface area contributed by atoms with E-state index in [1.165, 1.54) is 32.1 Å². The van der Waals surface area contributed by atoms with E-state index < -0.39 is 0 Å². The molecular weight excluding hydrogens is 302 g/mol. The van der Waals surface area contributed by atoms with Gasteiger partial charge in [-0.05, 0) is 56.4 Å². The fourth-order valence-corrected chi connectivity index (χ4v) is 3.52. The molecule has 0 heterocycles. The second-order valence-electron chi connectivity index (χ2n) is 5.68. The lowest BCUT2D eigenvalue weighted by molar-refractivity contribution is 0.0919. The summed E-state index contributed by atoms with van der Waals surface area (Å²) in [5.74, 6) is 0.688. The molecule has 0 saturated heterocycles. The first-order chi connectivity index (χ1) is 9.06. The summed E-state index contributed by atoms with van der Waals surface area (Å²) in [7, 11) is 0. The first kappa shape index (κ1) is 14.6. The summed E-state index contributed by atoms with van der Waals surface area (Å²) in [6.45, 7) is 4.14. The number of hydrogen-bond donors (Lipinski definition) is 1. The van der Waals surface area contributed by atoms with Crippen molar-refractivity contribution in [3.63, 3.8) is 0 Å². The lowest BCUT2D eigenvalue weighted by atomic mass is 9.84. The Morgan fingerprint density at radius 1 is 1.26 bits per heavy atom. The van der Waals surface area contributed by atoms with E-state index in [-0.39, 0.29) is 11.9 Å². The number of carbonyl (C=O) groups excluding carboxylic acids is 1. The third kappa shape index (κ3) is 4.07. The number of hydrogen-bond acceptors (Lipinski definition) is 1. The molecule has 2 rings (SSSR count). The zero-order valence-corrected chi connectivity index (χ0v) is 13.3. The molecule has 104 valence electrons. The number of aryl methyl sites for hydroxylation is 1.